The molecule has 0 spiro atoms. The lowest BCUT2D eigenvalue weighted by atomic mass is 10.1. The van der Waals surface area contributed by atoms with Gasteiger partial charge in [-0.15, -0.1) is 0 Å². The molecule has 1 unspecified atom stereocenters. The smallest absolute Gasteiger partial charge is 0.375 e. The molecule has 1 aliphatic rings. The molecule has 1 fully saturated rings. The summed E-state index contributed by atoms with van der Waals surface area (Å²) >= 11 is 0. The van der Waals surface area contributed by atoms with Crippen molar-refractivity contribution < 1.29 is 23.5 Å². The Morgan fingerprint density at radius 3 is 2.42 bits per heavy atom. The molecule has 1 aliphatic heterocycles. The number of furan rings is 1. The monoisotopic (exact) mass is 452 g/mol. The molecule has 1 aromatic carbocycles. The van der Waals surface area contributed by atoms with Crippen LogP contribution in [0.1, 0.15) is 36.9 Å². The van der Waals surface area contributed by atoms with E-state index in [0.717, 1.165) is 5.39 Å². The highest BCUT2D eigenvalue weighted by Crippen LogP contribution is 2.28. The van der Waals surface area contributed by atoms with E-state index in [-0.39, 0.29) is 24.4 Å². The van der Waals surface area contributed by atoms with E-state index >= 15 is 0 Å². The first-order valence-corrected chi connectivity index (χ1v) is 11.1. The van der Waals surface area contributed by atoms with Crippen molar-refractivity contribution in [3.05, 3.63) is 54.0 Å². The summed E-state index contributed by atoms with van der Waals surface area (Å²) in [6.45, 7) is 7.85. The zero-order valence-corrected chi connectivity index (χ0v) is 19.1. The molecule has 3 aromatic rings. The Hall–Kier alpha value is -3.46. The molecule has 174 valence electrons. The molecule has 0 radical (unpaired) electrons. The van der Waals surface area contributed by atoms with Crippen molar-refractivity contribution in [1.29, 1.82) is 0 Å². The Bertz CT molecular complexity index is 1110. The maximum Gasteiger partial charge on any atom is 0.375 e. The second kappa shape index (κ2) is 9.99. The second-order valence-electron chi connectivity index (χ2n) is 8.17. The van der Waals surface area contributed by atoms with Gasteiger partial charge in [0.25, 0.3) is 5.91 Å². The second-order valence-corrected chi connectivity index (χ2v) is 8.17. The van der Waals surface area contributed by atoms with Crippen LogP contribution in [0, 0.1) is 0 Å². The normalized spacial score (nSPS) is 15.2. The third-order valence-corrected chi connectivity index (χ3v) is 5.50. The summed E-state index contributed by atoms with van der Waals surface area (Å²) in [7, 11) is 0. The molecule has 0 saturated carbocycles. The third-order valence-electron chi connectivity index (χ3n) is 5.50. The number of carbonyl (C=O) groups excluding carboxylic acids is 2. The van der Waals surface area contributed by atoms with E-state index in [1.807, 2.05) is 36.9 Å². The summed E-state index contributed by atoms with van der Waals surface area (Å²) in [6.07, 6.45) is 2.44. The maximum absolute atomic E-state index is 12.9. The van der Waals surface area contributed by atoms with E-state index in [9.17, 15) is 9.59 Å². The summed E-state index contributed by atoms with van der Waals surface area (Å²) in [4.78, 5) is 38.1. The zero-order valence-electron chi connectivity index (χ0n) is 19.1. The fourth-order valence-electron chi connectivity index (χ4n) is 3.76. The van der Waals surface area contributed by atoms with Crippen molar-refractivity contribution in [1.82, 2.24) is 14.9 Å². The van der Waals surface area contributed by atoms with Crippen molar-refractivity contribution in [2.75, 3.05) is 31.1 Å². The van der Waals surface area contributed by atoms with Gasteiger partial charge in [-0.3, -0.25) is 4.79 Å². The van der Waals surface area contributed by atoms with E-state index in [4.69, 9.17) is 13.9 Å². The fourth-order valence-corrected chi connectivity index (χ4v) is 3.76. The maximum atomic E-state index is 12.9. The van der Waals surface area contributed by atoms with Gasteiger partial charge in [0.2, 0.25) is 11.7 Å². The minimum atomic E-state index is -0.941. The summed E-state index contributed by atoms with van der Waals surface area (Å²) in [5, 5.41) is 0.795. The van der Waals surface area contributed by atoms with E-state index in [1.54, 1.807) is 36.4 Å². The predicted molar refractivity (Wildman–Crippen MR) is 122 cm³/mol. The number of hydrogen-bond donors (Lipinski definition) is 0. The molecule has 3 heterocycles. The Morgan fingerprint density at radius 2 is 1.73 bits per heavy atom. The van der Waals surface area contributed by atoms with Crippen LogP contribution in [0.2, 0.25) is 0 Å². The highest BCUT2D eigenvalue weighted by atomic mass is 16.6. The number of ether oxygens (including phenoxy) is 2. The standard InChI is InChI=1S/C24H28N4O5/c1-16(2)31-15-19-18-7-4-5-8-20(18)33-21(19)23(30)32-17(3)22(29)27-11-13-28(14-12-27)24-25-9-6-10-26-24/h4-10,16-17H,11-15H2,1-3H3. The first-order chi connectivity index (χ1) is 15.9. The average Bonchev–Trinajstić information content (AvgIpc) is 3.21. The van der Waals surface area contributed by atoms with E-state index in [0.29, 0.717) is 43.3 Å². The van der Waals surface area contributed by atoms with Crippen LogP contribution in [0.3, 0.4) is 0 Å². The Balaban J connectivity index is 1.41. The van der Waals surface area contributed by atoms with Gasteiger partial charge in [-0.2, -0.15) is 0 Å². The molecular formula is C24H28N4O5. The lowest BCUT2D eigenvalue weighted by Crippen LogP contribution is -2.52. The highest BCUT2D eigenvalue weighted by Gasteiger charge is 2.30. The molecule has 0 aliphatic carbocycles. The van der Waals surface area contributed by atoms with Gasteiger partial charge >= 0.3 is 5.97 Å². The fraction of sp³-hybridized carbons (Fsp3) is 0.417. The largest absolute Gasteiger partial charge is 0.449 e. The van der Waals surface area contributed by atoms with Crippen molar-refractivity contribution in [2.45, 2.75) is 39.6 Å². The molecule has 4 rings (SSSR count). The summed E-state index contributed by atoms with van der Waals surface area (Å²) in [5.41, 5.74) is 1.20. The van der Waals surface area contributed by atoms with Crippen molar-refractivity contribution in [3.63, 3.8) is 0 Å². The Kier molecular flexibility index (Phi) is 6.88. The number of fused-ring (bicyclic) bond motifs is 1. The van der Waals surface area contributed by atoms with Crippen molar-refractivity contribution in [2.24, 2.45) is 0 Å². The molecule has 1 atom stereocenters. The molecule has 33 heavy (non-hydrogen) atoms. The van der Waals surface area contributed by atoms with Crippen LogP contribution >= 0.6 is 0 Å². The third kappa shape index (κ3) is 5.14. The van der Waals surface area contributed by atoms with Gasteiger partial charge in [0.05, 0.1) is 12.7 Å². The van der Waals surface area contributed by atoms with E-state index < -0.39 is 12.1 Å². The molecule has 9 heteroatoms. The van der Waals surface area contributed by atoms with E-state index in [2.05, 4.69) is 9.97 Å². The molecule has 1 amide bonds. The van der Waals surface area contributed by atoms with Crippen molar-refractivity contribution >= 4 is 28.8 Å². The minimum Gasteiger partial charge on any atom is -0.449 e. The van der Waals surface area contributed by atoms with Gasteiger partial charge in [0.1, 0.15) is 5.58 Å². The lowest BCUT2D eigenvalue weighted by Gasteiger charge is -2.35. The van der Waals surface area contributed by atoms with E-state index in [1.165, 1.54) is 0 Å². The summed E-state index contributed by atoms with van der Waals surface area (Å²) < 4.78 is 17.0. The Labute approximate surface area is 192 Å². The van der Waals surface area contributed by atoms with Crippen molar-refractivity contribution in [3.8, 4) is 0 Å². The van der Waals surface area contributed by atoms with Crippen LogP contribution in [-0.2, 0) is 20.9 Å². The predicted octanol–water partition coefficient (Wildman–Crippen LogP) is 3.04. The molecular weight excluding hydrogens is 424 g/mol. The number of benzene rings is 1. The quantitative estimate of drug-likeness (QED) is 0.505. The molecule has 2 aromatic heterocycles. The highest BCUT2D eigenvalue weighted by molar-refractivity contribution is 5.97. The molecule has 0 N–H and O–H groups in total. The first kappa shape index (κ1) is 22.7. The van der Waals surface area contributed by atoms with Gasteiger partial charge in [0.15, 0.2) is 6.10 Å². The van der Waals surface area contributed by atoms with Crippen LogP contribution in [0.25, 0.3) is 11.0 Å². The van der Waals surface area contributed by atoms with Crippen LogP contribution in [-0.4, -0.2) is 65.1 Å². The van der Waals surface area contributed by atoms with Gasteiger partial charge in [-0.1, -0.05) is 18.2 Å². The minimum absolute atomic E-state index is 0.0111. The molecule has 0 bridgehead atoms. The molecule has 9 nitrogen and oxygen atoms in total. The lowest BCUT2D eigenvalue weighted by molar-refractivity contribution is -0.140. The number of esters is 1. The first-order valence-electron chi connectivity index (χ1n) is 11.1. The number of rotatable bonds is 7. The number of amides is 1. The zero-order chi connectivity index (χ0) is 23.4. The number of piperazine rings is 1. The van der Waals surface area contributed by atoms with Gasteiger partial charge in [-0.05, 0) is 32.9 Å². The number of nitrogens with zero attached hydrogens (tertiary/aromatic N) is 4. The van der Waals surface area contributed by atoms with Crippen LogP contribution < -0.4 is 4.90 Å². The van der Waals surface area contributed by atoms with Crippen LogP contribution in [0.4, 0.5) is 5.95 Å². The van der Waals surface area contributed by atoms with Gasteiger partial charge in [-0.25, -0.2) is 14.8 Å². The number of anilines is 1. The number of para-hydroxylation sites is 1. The summed E-state index contributed by atoms with van der Waals surface area (Å²) in [6, 6.07) is 9.13. The van der Waals surface area contributed by atoms with Gasteiger partial charge < -0.3 is 23.7 Å². The number of aromatic nitrogens is 2. The molecule has 1 saturated heterocycles. The van der Waals surface area contributed by atoms with Gasteiger partial charge in [0, 0.05) is 49.5 Å². The Morgan fingerprint density at radius 1 is 1.03 bits per heavy atom. The summed E-state index contributed by atoms with van der Waals surface area (Å²) in [5.74, 6) is -0.202. The average molecular weight is 453 g/mol. The van der Waals surface area contributed by atoms with Crippen LogP contribution in [0.15, 0.2) is 47.1 Å². The topological polar surface area (TPSA) is 98.0 Å². The van der Waals surface area contributed by atoms with Crippen LogP contribution in [0.5, 0.6) is 0 Å². The number of hydrogen-bond acceptors (Lipinski definition) is 8. The SMILES string of the molecule is CC(C)OCc1c(C(=O)OC(C)C(=O)N2CCN(c3ncccn3)CC2)oc2ccccc12. The number of carbonyl (C=O) groups is 2.